The van der Waals surface area contributed by atoms with Crippen LogP contribution in [0.15, 0.2) is 71.6 Å². The number of halogens is 3. The molecule has 0 amide bonds. The van der Waals surface area contributed by atoms with Crippen molar-refractivity contribution in [1.82, 2.24) is 0 Å². The molecule has 140 valence electrons. The molecule has 0 bridgehead atoms. The Morgan fingerprint density at radius 1 is 1.04 bits per heavy atom. The summed E-state index contributed by atoms with van der Waals surface area (Å²) in [7, 11) is -4.13. The van der Waals surface area contributed by atoms with Crippen molar-refractivity contribution in [2.75, 3.05) is 0 Å². The van der Waals surface area contributed by atoms with Gasteiger partial charge in [0.2, 0.25) is 0 Å². The summed E-state index contributed by atoms with van der Waals surface area (Å²) in [6.07, 6.45) is 0. The van der Waals surface area contributed by atoms with Gasteiger partial charge in [-0.05, 0) is 29.8 Å². The Hall–Kier alpha value is -0.844. The summed E-state index contributed by atoms with van der Waals surface area (Å²) in [5.74, 6) is -0.490. The number of hydrogen-bond acceptors (Lipinski definition) is 4. The van der Waals surface area contributed by atoms with Crippen molar-refractivity contribution in [3.8, 4) is 5.75 Å². The van der Waals surface area contributed by atoms with Crippen molar-refractivity contribution < 1.29 is 29.8 Å². The van der Waals surface area contributed by atoms with E-state index in [0.29, 0.717) is 10.6 Å². The van der Waals surface area contributed by atoms with Crippen LogP contribution < -0.4 is 16.6 Å². The molecular weight excluding hydrogens is 546 g/mol. The predicted octanol–water partition coefficient (Wildman–Crippen LogP) is 1.37. The minimum atomic E-state index is -4.13. The first-order valence-electron chi connectivity index (χ1n) is 7.38. The van der Waals surface area contributed by atoms with Crippen LogP contribution in [0.2, 0.25) is 5.02 Å². The molecule has 0 aromatic heterocycles. The maximum absolute atomic E-state index is 12.8. The Labute approximate surface area is 204 Å². The molecule has 0 fully saturated rings. The van der Waals surface area contributed by atoms with Gasteiger partial charge in [0.25, 0.3) is 0 Å². The van der Waals surface area contributed by atoms with Gasteiger partial charge < -0.3 is 21.4 Å². The number of ketones is 1. The largest absolute Gasteiger partial charge is 2.00 e. The molecule has 0 saturated carbocycles. The van der Waals surface area contributed by atoms with Crippen molar-refractivity contribution >= 4 is 73.1 Å². The van der Waals surface area contributed by atoms with Crippen molar-refractivity contribution in [3.63, 3.8) is 0 Å². The summed E-state index contributed by atoms with van der Waals surface area (Å²) in [4.78, 5) is 12.7. The maximum Gasteiger partial charge on any atom is 2.00 e. The standard InChI is InChI=1S/C19H11ClIO4S.ClH.Mg/c20-14-6-9-16(10-7-14)26(23,24)25-18-11-8-15(21)12-17(18)19(22)13-4-2-1-3-5-13;;/h1-10,12H;1H;/q-1;;+2/p-1. The molecule has 4 nitrogen and oxygen atoms in total. The Morgan fingerprint density at radius 3 is 2.25 bits per heavy atom. The van der Waals surface area contributed by atoms with E-state index in [-0.39, 0.29) is 57.5 Å². The molecule has 9 heteroatoms. The molecule has 3 rings (SSSR count). The molecule has 0 aliphatic rings. The summed E-state index contributed by atoms with van der Waals surface area (Å²) in [6, 6.07) is 20.0. The number of carbonyl (C=O) groups excluding carboxylic acids is 1. The first kappa shape index (κ1) is 25.2. The minimum Gasteiger partial charge on any atom is -1.00 e. The molecule has 0 spiro atoms. The first-order chi connectivity index (χ1) is 12.4. The Morgan fingerprint density at radius 2 is 1.64 bits per heavy atom. The molecule has 0 unspecified atom stereocenters. The van der Waals surface area contributed by atoms with E-state index in [1.165, 1.54) is 24.3 Å². The van der Waals surface area contributed by atoms with Gasteiger partial charge in [-0.15, -0.1) is 34.7 Å². The van der Waals surface area contributed by atoms with Gasteiger partial charge in [0.15, 0.2) is 0 Å². The van der Waals surface area contributed by atoms with E-state index >= 15 is 0 Å². The van der Waals surface area contributed by atoms with E-state index in [1.54, 1.807) is 42.5 Å². The summed E-state index contributed by atoms with van der Waals surface area (Å²) in [5, 5.41) is 0.407. The second-order valence-corrected chi connectivity index (χ2v) is 8.48. The molecule has 0 atom stereocenters. The Balaban J connectivity index is 0.00000196. The van der Waals surface area contributed by atoms with Crippen LogP contribution in [0.3, 0.4) is 0 Å². The smallest absolute Gasteiger partial charge is 1.00 e. The van der Waals surface area contributed by atoms with Gasteiger partial charge in [-0.25, -0.2) is 0 Å². The van der Waals surface area contributed by atoms with Crippen LogP contribution in [0, 0.1) is 9.64 Å². The predicted molar refractivity (Wildman–Crippen MR) is 113 cm³/mol. The van der Waals surface area contributed by atoms with Crippen LogP contribution >= 0.6 is 34.2 Å². The molecule has 0 N–H and O–H groups in total. The monoisotopic (exact) mass is 556 g/mol. The molecule has 0 radical (unpaired) electrons. The summed E-state index contributed by atoms with van der Waals surface area (Å²) >= 11 is 7.81. The third kappa shape index (κ3) is 6.08. The van der Waals surface area contributed by atoms with Gasteiger partial charge in [0.1, 0.15) is 10.7 Å². The first-order valence-corrected chi connectivity index (χ1v) is 10.2. The second kappa shape index (κ2) is 10.8. The number of benzene rings is 3. The third-order valence-electron chi connectivity index (χ3n) is 3.44. The fourth-order valence-corrected chi connectivity index (χ4v) is 3.72. The van der Waals surface area contributed by atoms with E-state index < -0.39 is 10.1 Å². The molecule has 0 aliphatic carbocycles. The van der Waals surface area contributed by atoms with Gasteiger partial charge >= 0.3 is 33.2 Å². The number of carbonyl (C=O) groups is 1. The zero-order valence-corrected chi connectivity index (χ0v) is 20.1. The molecule has 3 aromatic rings. The van der Waals surface area contributed by atoms with E-state index in [9.17, 15) is 13.2 Å². The molecule has 28 heavy (non-hydrogen) atoms. The molecule has 0 aliphatic heterocycles. The number of hydrogen-bond donors (Lipinski definition) is 0. The van der Waals surface area contributed by atoms with Gasteiger partial charge in [0, 0.05) is 16.3 Å². The van der Waals surface area contributed by atoms with Gasteiger partial charge in [-0.1, -0.05) is 45.5 Å². The van der Waals surface area contributed by atoms with Crippen LogP contribution in [0.1, 0.15) is 15.9 Å². The summed E-state index contributed by atoms with van der Waals surface area (Å²) < 4.78 is 31.0. The minimum absolute atomic E-state index is 0. The fraction of sp³-hybridized carbons (Fsp3) is 0. The van der Waals surface area contributed by atoms with Crippen molar-refractivity contribution in [1.29, 1.82) is 0 Å². The van der Waals surface area contributed by atoms with Gasteiger partial charge in [-0.2, -0.15) is 14.5 Å². The van der Waals surface area contributed by atoms with E-state index in [1.807, 2.05) is 22.6 Å². The normalized spacial score (nSPS) is 10.4. The second-order valence-electron chi connectivity index (χ2n) is 5.25. The van der Waals surface area contributed by atoms with Crippen molar-refractivity contribution in [2.24, 2.45) is 0 Å². The van der Waals surface area contributed by atoms with Crippen LogP contribution in [0.25, 0.3) is 0 Å². The SMILES string of the molecule is O=C(c1ccccc1)c1cc(I)c[c-]c1OS(=O)(=O)c1ccc(Cl)cc1.[Cl-].[Mg+2]. The Bertz CT molecular complexity index is 1060. The van der Waals surface area contributed by atoms with Gasteiger partial charge in [0.05, 0.1) is 0 Å². The van der Waals surface area contributed by atoms with Gasteiger partial charge in [-0.3, -0.25) is 0 Å². The zero-order chi connectivity index (χ0) is 18.7. The maximum atomic E-state index is 12.8. The van der Waals surface area contributed by atoms with Crippen molar-refractivity contribution in [3.05, 3.63) is 92.5 Å². The zero-order valence-electron chi connectivity index (χ0n) is 14.2. The van der Waals surface area contributed by atoms with Crippen LogP contribution in [0.4, 0.5) is 0 Å². The quantitative estimate of drug-likeness (QED) is 0.156. The molecule has 3 aromatic carbocycles. The number of rotatable bonds is 5. The van der Waals surface area contributed by atoms with Crippen LogP contribution in [-0.4, -0.2) is 37.3 Å². The molecule has 0 heterocycles. The summed E-state index contributed by atoms with van der Waals surface area (Å²) in [5.41, 5.74) is 0.553. The van der Waals surface area contributed by atoms with E-state index in [4.69, 9.17) is 15.8 Å². The summed E-state index contributed by atoms with van der Waals surface area (Å²) in [6.45, 7) is 0. The van der Waals surface area contributed by atoms with Crippen molar-refractivity contribution in [2.45, 2.75) is 4.90 Å². The molecule has 0 saturated heterocycles. The average molecular weight is 557 g/mol. The Kier molecular flexibility index (Phi) is 9.71. The van der Waals surface area contributed by atoms with E-state index in [2.05, 4.69) is 6.07 Å². The molecular formula is C19H11Cl2IMgO4S. The topological polar surface area (TPSA) is 60.4 Å². The van der Waals surface area contributed by atoms with Crippen LogP contribution in [-0.2, 0) is 10.1 Å². The third-order valence-corrected chi connectivity index (χ3v) is 5.55. The van der Waals surface area contributed by atoms with E-state index in [0.717, 1.165) is 3.57 Å². The average Bonchev–Trinajstić information content (AvgIpc) is 2.63. The fourth-order valence-electron chi connectivity index (χ4n) is 2.20. The van der Waals surface area contributed by atoms with Crippen LogP contribution in [0.5, 0.6) is 5.75 Å².